The normalized spacial score (nSPS) is 10.9. The Balaban J connectivity index is 0.000000423. The first-order valence-corrected chi connectivity index (χ1v) is 9.44. The van der Waals surface area contributed by atoms with E-state index in [1.165, 1.54) is 17.4 Å². The zero-order valence-corrected chi connectivity index (χ0v) is 17.1. The maximum Gasteiger partial charge on any atom is 0.490 e. The van der Waals surface area contributed by atoms with E-state index in [1.807, 2.05) is 24.4 Å². The smallest absolute Gasteiger partial charge is 0.475 e. The fourth-order valence-corrected chi connectivity index (χ4v) is 3.11. The molecule has 31 heavy (non-hydrogen) atoms. The van der Waals surface area contributed by atoms with Crippen LogP contribution in [0.3, 0.4) is 0 Å². The minimum Gasteiger partial charge on any atom is -0.475 e. The van der Waals surface area contributed by atoms with Crippen molar-refractivity contribution in [2.24, 2.45) is 12.8 Å². The van der Waals surface area contributed by atoms with Gasteiger partial charge < -0.3 is 21.1 Å². The highest BCUT2D eigenvalue weighted by Crippen LogP contribution is 2.22. The fraction of sp³-hybridized carbons (Fsp3) is 0.222. The number of carbonyl (C=O) groups excluding carboxylic acids is 1. The van der Waals surface area contributed by atoms with Gasteiger partial charge in [0.1, 0.15) is 5.56 Å². The molecule has 0 atom stereocenters. The van der Waals surface area contributed by atoms with Gasteiger partial charge in [0, 0.05) is 24.8 Å². The predicted molar refractivity (Wildman–Crippen MR) is 108 cm³/mol. The third-order valence-electron chi connectivity index (χ3n) is 4.08. The summed E-state index contributed by atoms with van der Waals surface area (Å²) in [6, 6.07) is 7.04. The van der Waals surface area contributed by atoms with Crippen LogP contribution >= 0.6 is 11.3 Å². The van der Waals surface area contributed by atoms with E-state index < -0.39 is 23.6 Å². The molecule has 0 aromatic carbocycles. The lowest BCUT2D eigenvalue weighted by atomic mass is 10.2. The molecule has 0 unspecified atom stereocenters. The van der Waals surface area contributed by atoms with Crippen molar-refractivity contribution in [3.8, 4) is 10.6 Å². The first-order chi connectivity index (χ1) is 14.5. The molecule has 1 amide bonds. The van der Waals surface area contributed by atoms with Crippen LogP contribution in [-0.2, 0) is 18.4 Å². The highest BCUT2D eigenvalue weighted by Gasteiger charge is 2.38. The van der Waals surface area contributed by atoms with Gasteiger partial charge in [0.05, 0.1) is 10.6 Å². The molecule has 3 rings (SSSR count). The monoisotopic (exact) mass is 457 g/mol. The van der Waals surface area contributed by atoms with Crippen molar-refractivity contribution in [3.63, 3.8) is 0 Å². The Labute approximate surface area is 177 Å². The summed E-state index contributed by atoms with van der Waals surface area (Å²) in [5.74, 6) is -2.89. The molecule has 3 aromatic heterocycles. The van der Waals surface area contributed by atoms with Crippen LogP contribution in [0.1, 0.15) is 21.6 Å². The van der Waals surface area contributed by atoms with E-state index in [4.69, 9.17) is 15.6 Å². The molecule has 0 fully saturated rings. The Hall–Kier alpha value is -3.45. The highest BCUT2D eigenvalue weighted by atomic mass is 32.1. The summed E-state index contributed by atoms with van der Waals surface area (Å²) < 4.78 is 33.4. The number of halogens is 3. The minimum atomic E-state index is -5.08. The molecule has 9 nitrogen and oxygen atoms in total. The van der Waals surface area contributed by atoms with Gasteiger partial charge in [0.15, 0.2) is 5.82 Å². The molecule has 5 N–H and O–H groups in total. The number of alkyl halides is 3. The lowest BCUT2D eigenvalue weighted by Gasteiger charge is -2.05. The maximum atomic E-state index is 12.4. The number of nitrogens with two attached hydrogens (primary N) is 1. The van der Waals surface area contributed by atoms with Crippen LogP contribution in [0.25, 0.3) is 10.6 Å². The first-order valence-electron chi connectivity index (χ1n) is 8.57. The average Bonchev–Trinajstić information content (AvgIpc) is 3.30. The number of amides is 1. The van der Waals surface area contributed by atoms with Crippen LogP contribution in [0.15, 0.2) is 34.4 Å². The molecule has 3 aromatic rings. The van der Waals surface area contributed by atoms with Crippen molar-refractivity contribution < 1.29 is 27.9 Å². The number of nitrogens with one attached hydrogen (secondary N) is 2. The number of anilines is 1. The van der Waals surface area contributed by atoms with Crippen LogP contribution in [0.4, 0.5) is 19.0 Å². The summed E-state index contributed by atoms with van der Waals surface area (Å²) in [4.78, 5) is 37.2. The third-order valence-corrected chi connectivity index (χ3v) is 4.98. The molecule has 0 spiro atoms. The summed E-state index contributed by atoms with van der Waals surface area (Å²) in [7, 11) is 1.77. The summed E-state index contributed by atoms with van der Waals surface area (Å²) >= 11 is 1.51. The van der Waals surface area contributed by atoms with Gasteiger partial charge in [0.25, 0.3) is 11.5 Å². The third kappa shape index (κ3) is 5.79. The number of aromatic amines is 1. The van der Waals surface area contributed by atoms with E-state index in [2.05, 4.69) is 15.4 Å². The topological polar surface area (TPSA) is 143 Å². The van der Waals surface area contributed by atoms with Crippen molar-refractivity contribution in [1.29, 1.82) is 0 Å². The molecule has 0 aliphatic heterocycles. The van der Waals surface area contributed by atoms with Crippen molar-refractivity contribution in [2.75, 3.05) is 5.32 Å². The first kappa shape index (κ1) is 23.8. The van der Waals surface area contributed by atoms with E-state index in [0.29, 0.717) is 11.5 Å². The van der Waals surface area contributed by atoms with E-state index in [0.717, 1.165) is 16.1 Å². The number of nitrogens with zero attached hydrogens (tertiary/aromatic N) is 2. The average molecular weight is 457 g/mol. The largest absolute Gasteiger partial charge is 0.490 e. The molecular formula is C18H18F3N5O4S. The molecule has 0 saturated heterocycles. The second kappa shape index (κ2) is 9.57. The molecule has 3 heterocycles. The quantitative estimate of drug-likeness (QED) is 0.474. The molecular weight excluding hydrogens is 439 g/mol. The molecule has 0 bridgehead atoms. The van der Waals surface area contributed by atoms with Gasteiger partial charge in [-0.3, -0.25) is 14.3 Å². The van der Waals surface area contributed by atoms with Crippen molar-refractivity contribution >= 4 is 29.0 Å². The van der Waals surface area contributed by atoms with Gasteiger partial charge in [-0.05, 0) is 30.5 Å². The SMILES string of the molecule is Cc1c(CN)c(NC(=O)c2ccc(-c3cccs3)[nH]c2=O)nn1C.O=C(O)C(F)(F)F. The van der Waals surface area contributed by atoms with Crippen LogP contribution in [0.5, 0.6) is 0 Å². The lowest BCUT2D eigenvalue weighted by molar-refractivity contribution is -0.192. The Bertz CT molecular complexity index is 1140. The molecule has 0 radical (unpaired) electrons. The van der Waals surface area contributed by atoms with Gasteiger partial charge in [-0.1, -0.05) is 6.07 Å². The standard InChI is InChI=1S/C16H17N5O2S.C2HF3O2/c1-9-11(8-17)14(20-21(9)2)19-16(23)10-5-6-12(18-15(10)22)13-4-3-7-24-13;3-2(4,5)1(6)7/h3-7H,8,17H2,1-2H3,(H,18,22)(H,19,20,23);(H,6,7). The molecule has 0 aliphatic rings. The lowest BCUT2D eigenvalue weighted by Crippen LogP contribution is -2.24. The summed E-state index contributed by atoms with van der Waals surface area (Å²) in [5, 5.41) is 15.9. The van der Waals surface area contributed by atoms with Gasteiger partial charge in [0.2, 0.25) is 0 Å². The van der Waals surface area contributed by atoms with Gasteiger partial charge >= 0.3 is 12.1 Å². The number of H-pyrrole nitrogens is 1. The van der Waals surface area contributed by atoms with Gasteiger partial charge in [-0.15, -0.1) is 11.3 Å². The Kier molecular flexibility index (Phi) is 7.36. The number of hydrogen-bond donors (Lipinski definition) is 4. The zero-order valence-electron chi connectivity index (χ0n) is 16.3. The van der Waals surface area contributed by atoms with Crippen LogP contribution in [-0.4, -0.2) is 37.9 Å². The van der Waals surface area contributed by atoms with Crippen molar-refractivity contribution in [2.45, 2.75) is 19.6 Å². The summed E-state index contributed by atoms with van der Waals surface area (Å²) in [6.45, 7) is 2.12. The molecule has 13 heteroatoms. The van der Waals surface area contributed by atoms with Crippen LogP contribution in [0.2, 0.25) is 0 Å². The molecule has 166 valence electrons. The number of pyridine rings is 1. The Morgan fingerprint density at radius 3 is 2.45 bits per heavy atom. The predicted octanol–water partition coefficient (Wildman–Crippen LogP) is 2.49. The van der Waals surface area contributed by atoms with Gasteiger partial charge in [-0.25, -0.2) is 4.79 Å². The number of carbonyl (C=O) groups is 2. The van der Waals surface area contributed by atoms with Crippen LogP contribution in [0, 0.1) is 6.92 Å². The minimum absolute atomic E-state index is 0.0292. The Morgan fingerprint density at radius 2 is 1.97 bits per heavy atom. The van der Waals surface area contributed by atoms with E-state index in [1.54, 1.807) is 17.8 Å². The summed E-state index contributed by atoms with van der Waals surface area (Å²) in [6.07, 6.45) is -5.08. The second-order valence-corrected chi connectivity index (χ2v) is 7.04. The number of rotatable bonds is 4. The number of aryl methyl sites for hydroxylation is 1. The maximum absolute atomic E-state index is 12.4. The van der Waals surface area contributed by atoms with Crippen LogP contribution < -0.4 is 16.6 Å². The highest BCUT2D eigenvalue weighted by molar-refractivity contribution is 7.13. The zero-order chi connectivity index (χ0) is 23.3. The number of hydrogen-bond acceptors (Lipinski definition) is 6. The van der Waals surface area contributed by atoms with E-state index in [-0.39, 0.29) is 12.1 Å². The van der Waals surface area contributed by atoms with Gasteiger partial charge in [-0.2, -0.15) is 18.3 Å². The number of aromatic nitrogens is 3. The van der Waals surface area contributed by atoms with Crippen molar-refractivity contribution in [3.05, 3.63) is 56.8 Å². The number of carboxylic acid groups (broad SMARTS) is 1. The second-order valence-electron chi connectivity index (χ2n) is 6.09. The number of aliphatic carboxylic acids is 1. The molecule has 0 aliphatic carbocycles. The number of thiophene rings is 1. The van der Waals surface area contributed by atoms with E-state index in [9.17, 15) is 22.8 Å². The van der Waals surface area contributed by atoms with Crippen molar-refractivity contribution in [1.82, 2.24) is 14.8 Å². The fourth-order valence-electron chi connectivity index (χ4n) is 2.40. The Morgan fingerprint density at radius 1 is 1.32 bits per heavy atom. The van der Waals surface area contributed by atoms with E-state index >= 15 is 0 Å². The summed E-state index contributed by atoms with van der Waals surface area (Å²) in [5.41, 5.74) is 7.60. The number of carboxylic acids is 1. The molecule has 0 saturated carbocycles.